The van der Waals surface area contributed by atoms with Gasteiger partial charge in [-0.1, -0.05) is 17.7 Å². The molecule has 0 saturated heterocycles. The van der Waals surface area contributed by atoms with E-state index in [1.165, 1.54) is 12.1 Å². The number of aliphatic hydroxyl groups excluding tert-OH is 1. The molecule has 0 aliphatic heterocycles. The third kappa shape index (κ3) is 2.87. The van der Waals surface area contributed by atoms with Crippen molar-refractivity contribution in [2.75, 3.05) is 0 Å². The summed E-state index contributed by atoms with van der Waals surface area (Å²) in [7, 11) is 0. The van der Waals surface area contributed by atoms with Crippen LogP contribution in [0.5, 0.6) is 0 Å². The lowest BCUT2D eigenvalue weighted by Gasteiger charge is -2.08. The van der Waals surface area contributed by atoms with E-state index in [0.717, 1.165) is 11.3 Å². The van der Waals surface area contributed by atoms with E-state index in [1.807, 2.05) is 6.92 Å². The highest BCUT2D eigenvalue weighted by Gasteiger charge is 2.13. The van der Waals surface area contributed by atoms with Gasteiger partial charge < -0.3 is 9.52 Å². The van der Waals surface area contributed by atoms with Crippen LogP contribution in [0.25, 0.3) is 0 Å². The SMILES string of the molecule is Cc1ccc(C(O)Cc2ccc(F)c(Cl)c2)o1. The van der Waals surface area contributed by atoms with E-state index in [9.17, 15) is 9.50 Å². The summed E-state index contributed by atoms with van der Waals surface area (Å²) in [6.45, 7) is 1.81. The van der Waals surface area contributed by atoms with Crippen molar-refractivity contribution in [3.8, 4) is 0 Å². The topological polar surface area (TPSA) is 33.4 Å². The molecule has 4 heteroatoms. The van der Waals surface area contributed by atoms with Gasteiger partial charge >= 0.3 is 0 Å². The molecule has 0 aliphatic carbocycles. The molecule has 1 heterocycles. The molecule has 0 amide bonds. The summed E-state index contributed by atoms with van der Waals surface area (Å²) in [6.07, 6.45) is -0.405. The molecule has 0 spiro atoms. The zero-order valence-electron chi connectivity index (χ0n) is 9.28. The quantitative estimate of drug-likeness (QED) is 0.907. The van der Waals surface area contributed by atoms with E-state index in [2.05, 4.69) is 0 Å². The molecule has 1 unspecified atom stereocenters. The van der Waals surface area contributed by atoms with E-state index in [0.29, 0.717) is 12.2 Å². The van der Waals surface area contributed by atoms with E-state index < -0.39 is 11.9 Å². The van der Waals surface area contributed by atoms with Crippen LogP contribution in [0.2, 0.25) is 5.02 Å². The van der Waals surface area contributed by atoms with Gasteiger partial charge in [-0.05, 0) is 36.8 Å². The predicted octanol–water partition coefficient (Wildman–Crippen LogP) is 3.66. The van der Waals surface area contributed by atoms with Gasteiger partial charge in [0.15, 0.2) is 0 Å². The number of hydrogen-bond acceptors (Lipinski definition) is 2. The predicted molar refractivity (Wildman–Crippen MR) is 63.5 cm³/mol. The lowest BCUT2D eigenvalue weighted by molar-refractivity contribution is 0.149. The summed E-state index contributed by atoms with van der Waals surface area (Å²) in [5, 5.41) is 9.98. The van der Waals surface area contributed by atoms with Gasteiger partial charge in [0.2, 0.25) is 0 Å². The van der Waals surface area contributed by atoms with Crippen molar-refractivity contribution in [3.05, 3.63) is 58.3 Å². The Hall–Kier alpha value is -1.32. The van der Waals surface area contributed by atoms with Crippen LogP contribution in [0.1, 0.15) is 23.2 Å². The fourth-order valence-corrected chi connectivity index (χ4v) is 1.83. The van der Waals surface area contributed by atoms with Gasteiger partial charge in [0.05, 0.1) is 5.02 Å². The summed E-state index contributed by atoms with van der Waals surface area (Å²) in [5.74, 6) is 0.790. The zero-order valence-corrected chi connectivity index (χ0v) is 10.0. The zero-order chi connectivity index (χ0) is 12.4. The largest absolute Gasteiger partial charge is 0.464 e. The molecule has 1 aromatic heterocycles. The first-order valence-electron chi connectivity index (χ1n) is 5.24. The first kappa shape index (κ1) is 12.1. The molecule has 17 heavy (non-hydrogen) atoms. The summed E-state index contributed by atoms with van der Waals surface area (Å²) in [5.41, 5.74) is 0.762. The van der Waals surface area contributed by atoms with Gasteiger partial charge in [-0.3, -0.25) is 0 Å². The van der Waals surface area contributed by atoms with E-state index >= 15 is 0 Å². The molecule has 2 nitrogen and oxygen atoms in total. The van der Waals surface area contributed by atoms with Crippen LogP contribution >= 0.6 is 11.6 Å². The molecule has 1 N–H and O–H groups in total. The molecule has 90 valence electrons. The average Bonchev–Trinajstić information content (AvgIpc) is 2.70. The molecule has 0 radical (unpaired) electrons. The van der Waals surface area contributed by atoms with Gasteiger partial charge in [-0.15, -0.1) is 0 Å². The van der Waals surface area contributed by atoms with Crippen molar-refractivity contribution in [1.82, 2.24) is 0 Å². The Labute approximate surface area is 104 Å². The number of rotatable bonds is 3. The highest BCUT2D eigenvalue weighted by molar-refractivity contribution is 6.30. The minimum Gasteiger partial charge on any atom is -0.464 e. The molecular formula is C13H12ClFO2. The Morgan fingerprint density at radius 2 is 2.12 bits per heavy atom. The van der Waals surface area contributed by atoms with Crippen molar-refractivity contribution in [2.24, 2.45) is 0 Å². The Morgan fingerprint density at radius 1 is 1.35 bits per heavy atom. The fraction of sp³-hybridized carbons (Fsp3) is 0.231. The number of aliphatic hydroxyl groups is 1. The fourth-order valence-electron chi connectivity index (χ4n) is 1.62. The molecule has 1 aromatic carbocycles. The third-order valence-corrected chi connectivity index (χ3v) is 2.79. The van der Waals surface area contributed by atoms with Crippen LogP contribution in [0.3, 0.4) is 0 Å². The number of aryl methyl sites for hydroxylation is 1. The number of hydrogen-bond donors (Lipinski definition) is 1. The van der Waals surface area contributed by atoms with Crippen molar-refractivity contribution in [3.63, 3.8) is 0 Å². The third-order valence-electron chi connectivity index (χ3n) is 2.50. The van der Waals surface area contributed by atoms with Gasteiger partial charge in [-0.25, -0.2) is 4.39 Å². The van der Waals surface area contributed by atoms with E-state index in [1.54, 1.807) is 18.2 Å². The Balaban J connectivity index is 2.12. The van der Waals surface area contributed by atoms with Crippen LogP contribution in [-0.4, -0.2) is 5.11 Å². The Kier molecular flexibility index (Phi) is 3.50. The van der Waals surface area contributed by atoms with E-state index in [-0.39, 0.29) is 5.02 Å². The summed E-state index contributed by atoms with van der Waals surface area (Å²) in [6, 6.07) is 7.91. The van der Waals surface area contributed by atoms with Crippen molar-refractivity contribution in [1.29, 1.82) is 0 Å². The number of furan rings is 1. The number of benzene rings is 1. The molecule has 0 fully saturated rings. The van der Waals surface area contributed by atoms with Gasteiger partial charge in [0.25, 0.3) is 0 Å². The average molecular weight is 255 g/mol. The standard InChI is InChI=1S/C13H12ClFO2/c1-8-2-5-13(17-8)12(16)7-9-3-4-11(15)10(14)6-9/h2-6,12,16H,7H2,1H3. The molecular weight excluding hydrogens is 243 g/mol. The normalized spacial score (nSPS) is 12.7. The van der Waals surface area contributed by atoms with Gasteiger partial charge in [0.1, 0.15) is 23.4 Å². The Bertz CT molecular complexity index is 522. The van der Waals surface area contributed by atoms with Crippen LogP contribution in [0.4, 0.5) is 4.39 Å². The first-order valence-corrected chi connectivity index (χ1v) is 5.62. The lowest BCUT2D eigenvalue weighted by atomic mass is 10.1. The van der Waals surface area contributed by atoms with Gasteiger partial charge in [-0.2, -0.15) is 0 Å². The van der Waals surface area contributed by atoms with E-state index in [4.69, 9.17) is 16.0 Å². The molecule has 0 saturated carbocycles. The van der Waals surface area contributed by atoms with Crippen LogP contribution in [-0.2, 0) is 6.42 Å². The van der Waals surface area contributed by atoms with Crippen LogP contribution in [0, 0.1) is 12.7 Å². The second-order valence-corrected chi connectivity index (χ2v) is 4.32. The maximum absolute atomic E-state index is 12.9. The minimum atomic E-state index is -0.745. The monoisotopic (exact) mass is 254 g/mol. The highest BCUT2D eigenvalue weighted by atomic mass is 35.5. The maximum Gasteiger partial charge on any atom is 0.141 e. The summed E-state index contributed by atoms with van der Waals surface area (Å²) >= 11 is 5.67. The molecule has 0 aliphatic rings. The molecule has 2 rings (SSSR count). The molecule has 0 bridgehead atoms. The molecule has 2 aromatic rings. The Morgan fingerprint density at radius 3 is 2.71 bits per heavy atom. The minimum absolute atomic E-state index is 0.0605. The smallest absolute Gasteiger partial charge is 0.141 e. The summed E-state index contributed by atoms with van der Waals surface area (Å²) < 4.78 is 18.3. The van der Waals surface area contributed by atoms with Crippen LogP contribution in [0.15, 0.2) is 34.7 Å². The van der Waals surface area contributed by atoms with Gasteiger partial charge in [0, 0.05) is 6.42 Å². The van der Waals surface area contributed by atoms with Crippen molar-refractivity contribution in [2.45, 2.75) is 19.4 Å². The second kappa shape index (κ2) is 4.90. The number of halogens is 2. The maximum atomic E-state index is 12.9. The van der Waals surface area contributed by atoms with Crippen molar-refractivity contribution < 1.29 is 13.9 Å². The lowest BCUT2D eigenvalue weighted by Crippen LogP contribution is -2.00. The second-order valence-electron chi connectivity index (χ2n) is 3.92. The first-order chi connectivity index (χ1) is 8.06. The van der Waals surface area contributed by atoms with Crippen molar-refractivity contribution >= 4 is 11.6 Å². The molecule has 1 atom stereocenters. The summed E-state index contributed by atoms with van der Waals surface area (Å²) in [4.78, 5) is 0. The highest BCUT2D eigenvalue weighted by Crippen LogP contribution is 2.23. The van der Waals surface area contributed by atoms with Crippen LogP contribution < -0.4 is 0 Å².